The van der Waals surface area contributed by atoms with Crippen molar-refractivity contribution in [3.63, 3.8) is 0 Å². The van der Waals surface area contributed by atoms with E-state index in [1.54, 1.807) is 7.05 Å². The second-order valence-electron chi connectivity index (χ2n) is 10.0. The average Bonchev–Trinajstić information content (AvgIpc) is 3.12. The summed E-state index contributed by atoms with van der Waals surface area (Å²) in [5.74, 6) is 0. The molecule has 5 aromatic carbocycles. The summed E-state index contributed by atoms with van der Waals surface area (Å²) in [6.45, 7) is 0. The van der Waals surface area contributed by atoms with Crippen molar-refractivity contribution in [3.05, 3.63) is 157 Å². The Kier molecular flexibility index (Phi) is 15.9. The Morgan fingerprint density at radius 1 is 0.562 bits per heavy atom. The van der Waals surface area contributed by atoms with E-state index >= 15 is 0 Å². The van der Waals surface area contributed by atoms with Crippen LogP contribution in [0.4, 0.5) is 0 Å². The largest absolute Gasteiger partial charge is 2.00 e. The molecule has 0 bridgehead atoms. The fraction of sp³-hybridized carbons (Fsp3) is 0.0556. The predicted octanol–water partition coefficient (Wildman–Crippen LogP) is 2.65. The summed E-state index contributed by atoms with van der Waals surface area (Å²) in [5, 5.41) is 28.5. The smallest absolute Gasteiger partial charge is 1.00 e. The van der Waals surface area contributed by atoms with E-state index in [-0.39, 0.29) is 44.4 Å². The zero-order valence-electron chi connectivity index (χ0n) is 25.7. The van der Waals surface area contributed by atoms with Gasteiger partial charge in [0, 0.05) is 28.2 Å². The molecular weight excluding hydrogens is 787 g/mol. The van der Waals surface area contributed by atoms with Crippen LogP contribution in [0.25, 0.3) is 0 Å². The number of hydrogen-bond acceptors (Lipinski definition) is 7. The third-order valence-corrected chi connectivity index (χ3v) is 12.1. The molecule has 48 heavy (non-hydrogen) atoms. The third-order valence-electron chi connectivity index (χ3n) is 7.17. The molecule has 0 saturated carbocycles. The fourth-order valence-electron chi connectivity index (χ4n) is 4.93. The Bertz CT molecular complexity index is 1750. The van der Waals surface area contributed by atoms with Gasteiger partial charge in [0.1, 0.15) is 40.9 Å². The van der Waals surface area contributed by atoms with Gasteiger partial charge in [0.05, 0.1) is 0 Å². The molecule has 0 aliphatic carbocycles. The van der Waals surface area contributed by atoms with E-state index in [4.69, 9.17) is 30.4 Å². The molecule has 1 radical (unpaired) electrons. The Labute approximate surface area is 320 Å². The molecule has 0 aliphatic heterocycles. The zero-order chi connectivity index (χ0) is 32.2. The molecule has 0 spiro atoms. The van der Waals surface area contributed by atoms with Crippen molar-refractivity contribution in [2.45, 2.75) is 4.90 Å². The molecule has 247 valence electrons. The summed E-state index contributed by atoms with van der Waals surface area (Å²) in [6, 6.07) is 49.1. The Morgan fingerprint density at radius 2 is 0.938 bits per heavy atom. The summed E-state index contributed by atoms with van der Waals surface area (Å²) >= 11 is 15.5. The van der Waals surface area contributed by atoms with E-state index in [0.717, 1.165) is 16.0 Å². The Morgan fingerprint density at radius 3 is 1.35 bits per heavy atom. The van der Waals surface area contributed by atoms with Crippen LogP contribution in [0.5, 0.6) is 0 Å². The summed E-state index contributed by atoms with van der Waals surface area (Å²) in [6.07, 6.45) is 0.555. The number of rotatable bonds is 10. The maximum Gasteiger partial charge on any atom is 2.00 e. The first-order valence-electron chi connectivity index (χ1n) is 14.5. The number of nitrogens with one attached hydrogen (secondary N) is 2. The Hall–Kier alpha value is -3.40. The van der Waals surface area contributed by atoms with Crippen LogP contribution in [-0.2, 0) is 42.3 Å². The van der Waals surface area contributed by atoms with E-state index < -0.39 is 7.26 Å². The van der Waals surface area contributed by atoms with Crippen molar-refractivity contribution < 1.29 is 34.1 Å². The molecule has 0 heterocycles. The molecule has 2 N–H and O–H groups in total. The van der Waals surface area contributed by atoms with E-state index in [0.29, 0.717) is 17.7 Å². The van der Waals surface area contributed by atoms with Crippen molar-refractivity contribution >= 4 is 82.8 Å². The molecule has 0 aromatic heterocycles. The van der Waals surface area contributed by atoms with Gasteiger partial charge in [-0.2, -0.15) is 10.2 Å². The van der Waals surface area contributed by atoms with Crippen LogP contribution in [-0.4, -0.2) is 35.1 Å². The summed E-state index contributed by atoms with van der Waals surface area (Å²) in [4.78, 5) is 0.820. The molecule has 12 heteroatoms. The van der Waals surface area contributed by atoms with Gasteiger partial charge in [-0.05, 0) is 53.7 Å². The normalized spacial score (nSPS) is 12.4. The molecule has 0 unspecified atom stereocenters. The maximum absolute atomic E-state index is 5.81. The van der Waals surface area contributed by atoms with Crippen LogP contribution in [0.2, 0.25) is 0 Å². The van der Waals surface area contributed by atoms with Gasteiger partial charge in [-0.3, -0.25) is 0 Å². The minimum atomic E-state index is -2.18. The number of benzene rings is 5. The molecule has 0 fully saturated rings. The quantitative estimate of drug-likeness (QED) is 0.0386. The van der Waals surface area contributed by atoms with E-state index in [1.165, 1.54) is 15.9 Å². The maximum atomic E-state index is 5.81. The summed E-state index contributed by atoms with van der Waals surface area (Å²) in [7, 11) is -0.484. The third kappa shape index (κ3) is 9.83. The molecular formula is C36H32BrCuN6PS3. The number of nitrogens with zero attached hydrogens (tertiary/aromatic N) is 4. The van der Waals surface area contributed by atoms with Gasteiger partial charge in [0.25, 0.3) is 0 Å². The van der Waals surface area contributed by atoms with Crippen molar-refractivity contribution in [3.8, 4) is 0 Å². The SMILES string of the molecule is CNC([S-])=NN=C(C(=NN=C([S-])NC[P+](c1ccccc1)(c1ccccc1)c1ccccc1)c1ccccc1)c1ccc(S)cc1.[Br-].[Cu+2]. The van der Waals surface area contributed by atoms with E-state index in [9.17, 15) is 0 Å². The molecule has 5 aromatic rings. The van der Waals surface area contributed by atoms with Crippen molar-refractivity contribution in [1.29, 1.82) is 0 Å². The van der Waals surface area contributed by atoms with Crippen LogP contribution < -0.4 is 43.5 Å². The van der Waals surface area contributed by atoms with Crippen LogP contribution in [0.15, 0.2) is 171 Å². The van der Waals surface area contributed by atoms with Crippen molar-refractivity contribution in [2.75, 3.05) is 13.3 Å². The van der Waals surface area contributed by atoms with E-state index in [1.807, 2.05) is 72.8 Å². The second kappa shape index (κ2) is 19.6. The van der Waals surface area contributed by atoms with Gasteiger partial charge in [-0.15, -0.1) is 22.8 Å². The van der Waals surface area contributed by atoms with Gasteiger partial charge in [0.15, 0.2) is 0 Å². The van der Waals surface area contributed by atoms with Gasteiger partial charge < -0.3 is 52.9 Å². The fourth-order valence-corrected chi connectivity index (χ4v) is 9.21. The Balaban J connectivity index is 0.00000312. The average molecular weight is 819 g/mol. The molecule has 0 atom stereocenters. The number of halogens is 1. The molecule has 0 amide bonds. The van der Waals surface area contributed by atoms with Crippen molar-refractivity contribution in [1.82, 2.24) is 10.6 Å². The first-order valence-corrected chi connectivity index (χ1v) is 17.7. The van der Waals surface area contributed by atoms with Crippen LogP contribution in [0, 0.1) is 0 Å². The number of hydrogen-bond donors (Lipinski definition) is 3. The zero-order valence-corrected chi connectivity index (χ0v) is 31.7. The summed E-state index contributed by atoms with van der Waals surface area (Å²) in [5.41, 5.74) is 2.56. The molecule has 5 rings (SSSR count). The van der Waals surface area contributed by atoms with Crippen LogP contribution >= 0.6 is 19.9 Å². The molecule has 0 saturated heterocycles. The standard InChI is InChI=1S/C36H33N6PS3.BrH.Cu/c1-37-35(45)41-39-34(28-22-24-32(44)25-23-28)33(27-14-6-2-7-15-27)40-42-36(46)38-26-43(29-16-8-3-9-17-29,30-18-10-4-11-19-30)31-20-12-5-13-21-31;;/h2-25H,26H2,1H3,(H4-,37,38,39,40,41,42,44,45,46);1H;/q;;+2/p-2. The van der Waals surface area contributed by atoms with Gasteiger partial charge in [0.2, 0.25) is 0 Å². The second-order valence-corrected chi connectivity index (χ2v) is 14.8. The summed E-state index contributed by atoms with van der Waals surface area (Å²) < 4.78 is 0. The first kappa shape index (κ1) is 39.0. The number of thiol groups is 1. The van der Waals surface area contributed by atoms with Crippen LogP contribution in [0.3, 0.4) is 0 Å². The topological polar surface area (TPSA) is 73.5 Å². The molecule has 6 nitrogen and oxygen atoms in total. The minimum Gasteiger partial charge on any atom is -1.00 e. The van der Waals surface area contributed by atoms with E-state index in [2.05, 4.69) is 111 Å². The first-order chi connectivity index (χ1) is 22.5. The monoisotopic (exact) mass is 817 g/mol. The molecule has 0 aliphatic rings. The minimum absolute atomic E-state index is 0. The van der Waals surface area contributed by atoms with Gasteiger partial charge in [-0.25, -0.2) is 0 Å². The van der Waals surface area contributed by atoms with Gasteiger partial charge >= 0.3 is 17.1 Å². The van der Waals surface area contributed by atoms with Crippen LogP contribution in [0.1, 0.15) is 11.1 Å². The predicted molar refractivity (Wildman–Crippen MR) is 205 cm³/mol. The van der Waals surface area contributed by atoms with Crippen molar-refractivity contribution in [2.24, 2.45) is 20.4 Å². The van der Waals surface area contributed by atoms with Gasteiger partial charge in [-0.1, -0.05) is 97.1 Å². The number of amidine groups is 2.